The highest BCUT2D eigenvalue weighted by atomic mass is 16.2. The van der Waals surface area contributed by atoms with Crippen molar-refractivity contribution in [1.82, 2.24) is 5.32 Å². The first-order valence-corrected chi connectivity index (χ1v) is 4.11. The monoisotopic (exact) mass is 163 g/mol. The van der Waals surface area contributed by atoms with Gasteiger partial charge in [0.15, 0.2) is 0 Å². The quantitative estimate of drug-likeness (QED) is 0.598. The van der Waals surface area contributed by atoms with E-state index in [1.807, 2.05) is 20.0 Å². The lowest BCUT2D eigenvalue weighted by atomic mass is 9.83. The van der Waals surface area contributed by atoms with Crippen LogP contribution >= 0.6 is 0 Å². The SMILES string of the molecule is CNCc1ccc(C)cc1BO. The van der Waals surface area contributed by atoms with Crippen LogP contribution in [0.4, 0.5) is 0 Å². The smallest absolute Gasteiger partial charge is 0.305 e. The molecule has 0 aliphatic heterocycles. The fourth-order valence-corrected chi connectivity index (χ4v) is 1.26. The van der Waals surface area contributed by atoms with Crippen molar-refractivity contribution in [3.63, 3.8) is 0 Å². The summed E-state index contributed by atoms with van der Waals surface area (Å²) >= 11 is 0. The molecule has 1 aromatic rings. The Bertz CT molecular complexity index is 263. The van der Waals surface area contributed by atoms with Crippen molar-refractivity contribution in [1.29, 1.82) is 0 Å². The summed E-state index contributed by atoms with van der Waals surface area (Å²) in [6, 6.07) is 6.13. The minimum absolute atomic E-state index is 0.124. The van der Waals surface area contributed by atoms with E-state index in [0.29, 0.717) is 0 Å². The molecule has 0 heterocycles. The number of benzene rings is 1. The molecule has 64 valence electrons. The first-order chi connectivity index (χ1) is 5.77. The van der Waals surface area contributed by atoms with Crippen LogP contribution in [0.3, 0.4) is 0 Å². The molecule has 0 atom stereocenters. The number of aryl methyl sites for hydroxylation is 1. The van der Waals surface area contributed by atoms with Gasteiger partial charge in [-0.05, 0) is 25.0 Å². The van der Waals surface area contributed by atoms with E-state index in [0.717, 1.165) is 12.0 Å². The summed E-state index contributed by atoms with van der Waals surface area (Å²) in [5.41, 5.74) is 3.38. The van der Waals surface area contributed by atoms with Crippen LogP contribution in [0.5, 0.6) is 0 Å². The molecule has 0 saturated heterocycles. The summed E-state index contributed by atoms with van der Waals surface area (Å²) in [4.78, 5) is 0. The minimum Gasteiger partial charge on any atom is -0.449 e. The van der Waals surface area contributed by atoms with E-state index in [9.17, 15) is 0 Å². The molecule has 0 aliphatic rings. The maximum Gasteiger partial charge on any atom is 0.305 e. The molecule has 2 N–H and O–H groups in total. The molecule has 0 bridgehead atoms. The van der Waals surface area contributed by atoms with Gasteiger partial charge >= 0.3 is 7.48 Å². The van der Waals surface area contributed by atoms with Crippen LogP contribution < -0.4 is 10.8 Å². The Balaban J connectivity index is 2.94. The van der Waals surface area contributed by atoms with Crippen molar-refractivity contribution in [2.24, 2.45) is 0 Å². The molecule has 0 aliphatic carbocycles. The summed E-state index contributed by atoms with van der Waals surface area (Å²) < 4.78 is 0. The van der Waals surface area contributed by atoms with Crippen molar-refractivity contribution in [2.75, 3.05) is 7.05 Å². The van der Waals surface area contributed by atoms with Crippen LogP contribution in [0.1, 0.15) is 11.1 Å². The second-order valence-electron chi connectivity index (χ2n) is 2.96. The van der Waals surface area contributed by atoms with Gasteiger partial charge in [-0.2, -0.15) is 0 Å². The molecule has 3 heteroatoms. The van der Waals surface area contributed by atoms with Crippen LogP contribution in [0.15, 0.2) is 18.2 Å². The lowest BCUT2D eigenvalue weighted by Gasteiger charge is -2.06. The van der Waals surface area contributed by atoms with Crippen LogP contribution in [0, 0.1) is 6.92 Å². The Morgan fingerprint density at radius 2 is 2.25 bits per heavy atom. The summed E-state index contributed by atoms with van der Waals surface area (Å²) in [6.07, 6.45) is 0. The summed E-state index contributed by atoms with van der Waals surface area (Å²) in [5, 5.41) is 12.1. The Hall–Kier alpha value is -0.795. The van der Waals surface area contributed by atoms with Crippen molar-refractivity contribution < 1.29 is 5.02 Å². The van der Waals surface area contributed by atoms with Crippen molar-refractivity contribution in [3.05, 3.63) is 29.3 Å². The highest BCUT2D eigenvalue weighted by molar-refractivity contribution is 6.46. The van der Waals surface area contributed by atoms with Crippen LogP contribution in [-0.4, -0.2) is 19.6 Å². The number of hydrogen-bond donors (Lipinski definition) is 2. The molecule has 12 heavy (non-hydrogen) atoms. The van der Waals surface area contributed by atoms with E-state index in [-0.39, 0.29) is 7.48 Å². The highest BCUT2D eigenvalue weighted by Crippen LogP contribution is 1.99. The van der Waals surface area contributed by atoms with E-state index in [1.165, 1.54) is 11.1 Å². The highest BCUT2D eigenvalue weighted by Gasteiger charge is 2.01. The average Bonchev–Trinajstić information content (AvgIpc) is 2.08. The normalized spacial score (nSPS) is 9.92. The summed E-state index contributed by atoms with van der Waals surface area (Å²) in [5.74, 6) is 0. The van der Waals surface area contributed by atoms with E-state index < -0.39 is 0 Å². The van der Waals surface area contributed by atoms with Gasteiger partial charge < -0.3 is 10.3 Å². The molecule has 1 aromatic carbocycles. The Labute approximate surface area is 73.9 Å². The Kier molecular flexibility index (Phi) is 3.32. The van der Waals surface area contributed by atoms with Gasteiger partial charge in [-0.25, -0.2) is 0 Å². The van der Waals surface area contributed by atoms with E-state index >= 15 is 0 Å². The standard InChI is InChI=1S/C9H14BNO/c1-7-3-4-8(6-11-2)9(5-7)10-12/h3-5,10-12H,6H2,1-2H3. The maximum absolute atomic E-state index is 9.04. The van der Waals surface area contributed by atoms with Gasteiger partial charge in [0, 0.05) is 6.54 Å². The lowest BCUT2D eigenvalue weighted by molar-refractivity contribution is 0.614. The molecular formula is C9H14BNO. The Morgan fingerprint density at radius 3 is 2.83 bits per heavy atom. The van der Waals surface area contributed by atoms with Crippen LogP contribution in [-0.2, 0) is 6.54 Å². The van der Waals surface area contributed by atoms with Gasteiger partial charge in [0.2, 0.25) is 0 Å². The molecule has 0 radical (unpaired) electrons. The fraction of sp³-hybridized carbons (Fsp3) is 0.333. The summed E-state index contributed by atoms with van der Waals surface area (Å²) in [6.45, 7) is 2.85. The molecule has 0 amide bonds. The fourth-order valence-electron chi connectivity index (χ4n) is 1.26. The van der Waals surface area contributed by atoms with E-state index in [1.54, 1.807) is 0 Å². The van der Waals surface area contributed by atoms with Gasteiger partial charge in [-0.3, -0.25) is 0 Å². The zero-order valence-corrected chi connectivity index (χ0v) is 7.59. The average molecular weight is 163 g/mol. The van der Waals surface area contributed by atoms with Crippen molar-refractivity contribution >= 4 is 12.9 Å². The molecule has 1 rings (SSSR count). The second kappa shape index (κ2) is 4.29. The third-order valence-electron chi connectivity index (χ3n) is 1.90. The second-order valence-corrected chi connectivity index (χ2v) is 2.96. The van der Waals surface area contributed by atoms with E-state index in [4.69, 9.17) is 5.02 Å². The lowest BCUT2D eigenvalue weighted by Crippen LogP contribution is -2.22. The minimum atomic E-state index is 0.124. The number of nitrogens with one attached hydrogen (secondary N) is 1. The third-order valence-corrected chi connectivity index (χ3v) is 1.90. The van der Waals surface area contributed by atoms with Gasteiger partial charge in [0.25, 0.3) is 0 Å². The number of rotatable bonds is 3. The third kappa shape index (κ3) is 2.09. The predicted octanol–water partition coefficient (Wildman–Crippen LogP) is -0.316. The number of hydrogen-bond acceptors (Lipinski definition) is 2. The largest absolute Gasteiger partial charge is 0.449 e. The maximum atomic E-state index is 9.04. The van der Waals surface area contributed by atoms with E-state index in [2.05, 4.69) is 17.4 Å². The van der Waals surface area contributed by atoms with Crippen molar-refractivity contribution in [2.45, 2.75) is 13.5 Å². The zero-order chi connectivity index (χ0) is 8.97. The topological polar surface area (TPSA) is 32.3 Å². The molecule has 0 fully saturated rings. The van der Waals surface area contributed by atoms with Gasteiger partial charge in [0.1, 0.15) is 0 Å². The van der Waals surface area contributed by atoms with Gasteiger partial charge in [-0.15, -0.1) is 0 Å². The molecular weight excluding hydrogens is 149 g/mol. The molecule has 2 nitrogen and oxygen atoms in total. The summed E-state index contributed by atoms with van der Waals surface area (Å²) in [7, 11) is 2.03. The zero-order valence-electron chi connectivity index (χ0n) is 7.59. The molecule has 0 unspecified atom stereocenters. The first kappa shape index (κ1) is 9.29. The predicted molar refractivity (Wildman–Crippen MR) is 52.9 cm³/mol. The molecule has 0 aromatic heterocycles. The molecule has 0 spiro atoms. The van der Waals surface area contributed by atoms with Crippen molar-refractivity contribution in [3.8, 4) is 0 Å². The Morgan fingerprint density at radius 1 is 1.50 bits per heavy atom. The van der Waals surface area contributed by atoms with Crippen LogP contribution in [0.25, 0.3) is 0 Å². The van der Waals surface area contributed by atoms with Gasteiger partial charge in [-0.1, -0.05) is 23.8 Å². The first-order valence-electron chi connectivity index (χ1n) is 4.11. The van der Waals surface area contributed by atoms with Crippen LogP contribution in [0.2, 0.25) is 0 Å². The van der Waals surface area contributed by atoms with Gasteiger partial charge in [0.05, 0.1) is 0 Å². The molecule has 0 saturated carbocycles.